The zero-order valence-corrected chi connectivity index (χ0v) is 13.8. The van der Waals surface area contributed by atoms with Crippen molar-refractivity contribution in [2.24, 2.45) is 5.73 Å². The largest absolute Gasteiger partial charge is 0.369 e. The maximum Gasteiger partial charge on any atom is 0.252 e. The molecule has 1 aliphatic heterocycles. The molecule has 0 bridgehead atoms. The Bertz CT molecular complexity index is 545. The summed E-state index contributed by atoms with van der Waals surface area (Å²) in [5.74, 6) is -0.436. The highest BCUT2D eigenvalue weighted by molar-refractivity contribution is 9.10. The zero-order valence-electron chi connectivity index (χ0n) is 11.4. The van der Waals surface area contributed by atoms with Crippen molar-refractivity contribution in [1.29, 1.82) is 0 Å². The summed E-state index contributed by atoms with van der Waals surface area (Å²) in [5, 5.41) is 3.60. The molecule has 21 heavy (non-hydrogen) atoms. The van der Waals surface area contributed by atoms with Crippen LogP contribution in [0.25, 0.3) is 0 Å². The summed E-state index contributed by atoms with van der Waals surface area (Å²) < 4.78 is 0.679. The highest BCUT2D eigenvalue weighted by Crippen LogP contribution is 2.22. The summed E-state index contributed by atoms with van der Waals surface area (Å²) in [6.45, 7) is 1.80. The average molecular weight is 375 g/mol. The molecule has 1 fully saturated rings. The van der Waals surface area contributed by atoms with E-state index in [1.165, 1.54) is 0 Å². The smallest absolute Gasteiger partial charge is 0.252 e. The second-order valence-corrected chi connectivity index (χ2v) is 6.41. The first-order chi connectivity index (χ1) is 9.95. The summed E-state index contributed by atoms with van der Waals surface area (Å²) in [6.07, 6.45) is 1.62. The Morgan fingerprint density at radius 2 is 2.05 bits per heavy atom. The van der Waals surface area contributed by atoms with Gasteiger partial charge in [0.2, 0.25) is 5.91 Å². The first kappa shape index (κ1) is 16.3. The van der Waals surface area contributed by atoms with E-state index >= 15 is 0 Å². The topological polar surface area (TPSA) is 75.4 Å². The summed E-state index contributed by atoms with van der Waals surface area (Å²) in [4.78, 5) is 25.1. The third kappa shape index (κ3) is 4.69. The van der Waals surface area contributed by atoms with Gasteiger partial charge in [0.25, 0.3) is 5.91 Å². The van der Waals surface area contributed by atoms with E-state index in [0.717, 1.165) is 25.9 Å². The van der Waals surface area contributed by atoms with Gasteiger partial charge in [0.15, 0.2) is 0 Å². The molecule has 3 N–H and O–H groups in total. The number of carbonyl (C=O) groups excluding carboxylic acids is 2. The lowest BCUT2D eigenvalue weighted by Gasteiger charge is -2.31. The molecule has 5 nitrogen and oxygen atoms in total. The normalized spacial score (nSPS) is 16.7. The molecule has 0 atom stereocenters. The molecule has 1 heterocycles. The minimum atomic E-state index is -0.317. The van der Waals surface area contributed by atoms with Crippen LogP contribution in [0, 0.1) is 0 Å². The minimum Gasteiger partial charge on any atom is -0.369 e. The van der Waals surface area contributed by atoms with Crippen molar-refractivity contribution in [2.75, 3.05) is 19.6 Å². The van der Waals surface area contributed by atoms with Gasteiger partial charge in [-0.3, -0.25) is 14.5 Å². The maximum atomic E-state index is 12.2. The Hall–Kier alpha value is -1.11. The number of benzene rings is 1. The predicted octanol–water partition coefficient (Wildman–Crippen LogP) is 1.78. The van der Waals surface area contributed by atoms with E-state index in [1.54, 1.807) is 18.2 Å². The Labute approximate surface area is 136 Å². The molecule has 2 rings (SSSR count). The molecule has 114 valence electrons. The average Bonchev–Trinajstić information content (AvgIpc) is 2.40. The van der Waals surface area contributed by atoms with Gasteiger partial charge in [0, 0.05) is 28.6 Å². The number of hydrogen-bond acceptors (Lipinski definition) is 3. The van der Waals surface area contributed by atoms with Crippen LogP contribution in [0.1, 0.15) is 23.2 Å². The van der Waals surface area contributed by atoms with Gasteiger partial charge in [0.05, 0.1) is 12.1 Å². The molecule has 0 aromatic heterocycles. The first-order valence-electron chi connectivity index (χ1n) is 6.72. The highest BCUT2D eigenvalue weighted by atomic mass is 79.9. The molecular formula is C14H17BrClN3O2. The molecular weight excluding hydrogens is 358 g/mol. The molecule has 1 aromatic rings. The van der Waals surface area contributed by atoms with Crippen molar-refractivity contribution < 1.29 is 9.59 Å². The van der Waals surface area contributed by atoms with E-state index in [0.29, 0.717) is 15.1 Å². The zero-order chi connectivity index (χ0) is 15.4. The molecule has 1 saturated heterocycles. The van der Waals surface area contributed by atoms with Gasteiger partial charge in [-0.15, -0.1) is 0 Å². The van der Waals surface area contributed by atoms with Crippen LogP contribution in [-0.4, -0.2) is 42.4 Å². The van der Waals surface area contributed by atoms with Crippen LogP contribution < -0.4 is 11.1 Å². The number of primary amides is 1. The Morgan fingerprint density at radius 1 is 1.38 bits per heavy atom. The van der Waals surface area contributed by atoms with E-state index in [1.807, 2.05) is 4.90 Å². The monoisotopic (exact) mass is 373 g/mol. The molecule has 0 radical (unpaired) electrons. The SMILES string of the molecule is NC(=O)CN1CCC(NC(=O)c2ccc(Cl)cc2Br)CC1. The lowest BCUT2D eigenvalue weighted by Crippen LogP contribution is -2.46. The fourth-order valence-corrected chi connectivity index (χ4v) is 3.26. The van der Waals surface area contributed by atoms with Gasteiger partial charge < -0.3 is 11.1 Å². The second-order valence-electron chi connectivity index (χ2n) is 5.11. The molecule has 0 spiro atoms. The van der Waals surface area contributed by atoms with Crippen molar-refractivity contribution >= 4 is 39.3 Å². The van der Waals surface area contributed by atoms with Gasteiger partial charge in [0.1, 0.15) is 0 Å². The van der Waals surface area contributed by atoms with Crippen molar-refractivity contribution in [1.82, 2.24) is 10.2 Å². The van der Waals surface area contributed by atoms with Crippen LogP contribution in [0.15, 0.2) is 22.7 Å². The number of piperidine rings is 1. The fourth-order valence-electron chi connectivity index (χ4n) is 2.39. The van der Waals surface area contributed by atoms with E-state index in [4.69, 9.17) is 17.3 Å². The number of likely N-dealkylation sites (tertiary alicyclic amines) is 1. The third-order valence-corrected chi connectivity index (χ3v) is 4.37. The molecule has 1 aromatic carbocycles. The van der Waals surface area contributed by atoms with Crippen LogP contribution in [0.4, 0.5) is 0 Å². The fraction of sp³-hybridized carbons (Fsp3) is 0.429. The molecule has 0 aliphatic carbocycles. The highest BCUT2D eigenvalue weighted by Gasteiger charge is 2.22. The Kier molecular flexibility index (Phi) is 5.61. The number of carbonyl (C=O) groups is 2. The van der Waals surface area contributed by atoms with Gasteiger partial charge >= 0.3 is 0 Å². The number of hydrogen-bond donors (Lipinski definition) is 2. The van der Waals surface area contributed by atoms with Crippen LogP contribution >= 0.6 is 27.5 Å². The van der Waals surface area contributed by atoms with Gasteiger partial charge in [-0.2, -0.15) is 0 Å². The molecule has 7 heteroatoms. The second kappa shape index (κ2) is 7.24. The van der Waals surface area contributed by atoms with Crippen LogP contribution in [0.5, 0.6) is 0 Å². The lowest BCUT2D eigenvalue weighted by atomic mass is 10.0. The van der Waals surface area contributed by atoms with Crippen molar-refractivity contribution in [3.63, 3.8) is 0 Å². The van der Waals surface area contributed by atoms with E-state index in [2.05, 4.69) is 21.2 Å². The van der Waals surface area contributed by atoms with E-state index in [-0.39, 0.29) is 24.4 Å². The van der Waals surface area contributed by atoms with Crippen molar-refractivity contribution in [2.45, 2.75) is 18.9 Å². The molecule has 2 amide bonds. The standard InChI is InChI=1S/C14H17BrClN3O2/c15-12-7-9(16)1-2-11(12)14(21)18-10-3-5-19(6-4-10)8-13(17)20/h1-2,7,10H,3-6,8H2,(H2,17,20)(H,18,21). The van der Waals surface area contributed by atoms with Crippen LogP contribution in [0.2, 0.25) is 5.02 Å². The van der Waals surface area contributed by atoms with E-state index < -0.39 is 0 Å². The Balaban J connectivity index is 1.88. The van der Waals surface area contributed by atoms with Gasteiger partial charge in [-0.1, -0.05) is 11.6 Å². The van der Waals surface area contributed by atoms with Crippen LogP contribution in [0.3, 0.4) is 0 Å². The lowest BCUT2D eigenvalue weighted by molar-refractivity contribution is -0.119. The summed E-state index contributed by atoms with van der Waals surface area (Å²) in [5.41, 5.74) is 5.75. The van der Waals surface area contributed by atoms with Gasteiger partial charge in [-0.25, -0.2) is 0 Å². The maximum absolute atomic E-state index is 12.2. The molecule has 0 saturated carbocycles. The van der Waals surface area contributed by atoms with Crippen molar-refractivity contribution in [3.8, 4) is 0 Å². The van der Waals surface area contributed by atoms with E-state index in [9.17, 15) is 9.59 Å². The predicted molar refractivity (Wildman–Crippen MR) is 85.3 cm³/mol. The van der Waals surface area contributed by atoms with Gasteiger partial charge in [-0.05, 0) is 47.0 Å². The summed E-state index contributed by atoms with van der Waals surface area (Å²) >= 11 is 9.21. The Morgan fingerprint density at radius 3 is 2.62 bits per heavy atom. The quantitative estimate of drug-likeness (QED) is 0.843. The minimum absolute atomic E-state index is 0.115. The summed E-state index contributed by atoms with van der Waals surface area (Å²) in [7, 11) is 0. The number of amides is 2. The number of nitrogens with two attached hydrogens (primary N) is 1. The number of halogens is 2. The van der Waals surface area contributed by atoms with Crippen molar-refractivity contribution in [3.05, 3.63) is 33.3 Å². The summed E-state index contributed by atoms with van der Waals surface area (Å²) in [6, 6.07) is 5.20. The number of nitrogens with one attached hydrogen (secondary N) is 1. The number of rotatable bonds is 4. The third-order valence-electron chi connectivity index (χ3n) is 3.48. The molecule has 1 aliphatic rings. The van der Waals surface area contributed by atoms with Crippen LogP contribution in [-0.2, 0) is 4.79 Å². The number of nitrogens with zero attached hydrogens (tertiary/aromatic N) is 1. The first-order valence-corrected chi connectivity index (χ1v) is 7.89. The molecule has 0 unspecified atom stereocenters.